The summed E-state index contributed by atoms with van der Waals surface area (Å²) in [4.78, 5) is 7.49. The molecule has 6 nitrogen and oxygen atoms in total. The molecule has 0 aromatic carbocycles. The van der Waals surface area contributed by atoms with Crippen molar-refractivity contribution >= 4 is 67.0 Å². The van der Waals surface area contributed by atoms with E-state index in [1.807, 2.05) is 18.0 Å². The number of hydrogen-bond acceptors (Lipinski definition) is 5. The van der Waals surface area contributed by atoms with E-state index in [9.17, 15) is 8.42 Å². The number of nitrogens with zero attached hydrogens (tertiary/aromatic N) is 2. The fourth-order valence-corrected chi connectivity index (χ4v) is 5.57. The van der Waals surface area contributed by atoms with Gasteiger partial charge in [0.2, 0.25) is 0 Å². The van der Waals surface area contributed by atoms with E-state index in [-0.39, 0.29) is 24.0 Å². The zero-order valence-electron chi connectivity index (χ0n) is 14.6. The first kappa shape index (κ1) is 23.1. The first-order chi connectivity index (χ1) is 11.3. The number of sulfone groups is 1. The molecule has 0 bridgehead atoms. The van der Waals surface area contributed by atoms with Crippen molar-refractivity contribution in [2.24, 2.45) is 4.99 Å². The highest BCUT2D eigenvalue weighted by Gasteiger charge is 2.42. The van der Waals surface area contributed by atoms with Crippen LogP contribution in [0.15, 0.2) is 20.9 Å². The summed E-state index contributed by atoms with van der Waals surface area (Å²) in [5, 5.41) is 3.25. The summed E-state index contributed by atoms with van der Waals surface area (Å²) >= 11 is 5.14. The maximum absolute atomic E-state index is 12.3. The Balaban J connectivity index is 0.00000312. The first-order valence-electron chi connectivity index (χ1n) is 7.71. The predicted molar refractivity (Wildman–Crippen MR) is 118 cm³/mol. The van der Waals surface area contributed by atoms with Crippen LogP contribution in [0.25, 0.3) is 0 Å². The maximum atomic E-state index is 12.3. The lowest BCUT2D eigenvalue weighted by Crippen LogP contribution is -2.53. The molecule has 0 aliphatic carbocycles. The first-order valence-corrected chi connectivity index (χ1v) is 11.2. The van der Waals surface area contributed by atoms with Crippen LogP contribution >= 0.6 is 51.2 Å². The topological polar surface area (TPSA) is 71.0 Å². The molecule has 0 spiro atoms. The third kappa shape index (κ3) is 6.05. The quantitative estimate of drug-likeness (QED) is 0.338. The minimum absolute atomic E-state index is 0. The fraction of sp³-hybridized carbons (Fsp3) is 0.667. The Kier molecular flexibility index (Phi) is 9.12. The van der Waals surface area contributed by atoms with Crippen LogP contribution < -0.4 is 5.32 Å². The second kappa shape index (κ2) is 9.86. The maximum Gasteiger partial charge on any atom is 0.193 e. The van der Waals surface area contributed by atoms with Gasteiger partial charge >= 0.3 is 0 Å². The van der Waals surface area contributed by atoms with Crippen molar-refractivity contribution in [2.45, 2.75) is 24.1 Å². The third-order valence-corrected chi connectivity index (χ3v) is 8.09. The Morgan fingerprint density at radius 2 is 2.08 bits per heavy atom. The third-order valence-electron chi connectivity index (χ3n) is 4.35. The van der Waals surface area contributed by atoms with Gasteiger partial charge in [-0.05, 0) is 40.9 Å². The molecule has 0 atom stereocenters. The average Bonchev–Trinajstić information content (AvgIpc) is 2.92. The molecule has 2 rings (SSSR count). The van der Waals surface area contributed by atoms with Crippen LogP contribution in [0.2, 0.25) is 0 Å². The predicted octanol–water partition coefficient (Wildman–Crippen LogP) is 2.73. The van der Waals surface area contributed by atoms with E-state index in [2.05, 4.69) is 32.3 Å². The van der Waals surface area contributed by atoms with Gasteiger partial charge in [0.15, 0.2) is 15.8 Å². The van der Waals surface area contributed by atoms with Gasteiger partial charge in [-0.1, -0.05) is 0 Å². The largest absolute Gasteiger partial charge is 0.381 e. The lowest BCUT2D eigenvalue weighted by atomic mass is 9.99. The van der Waals surface area contributed by atoms with Gasteiger partial charge in [0.05, 0.1) is 15.1 Å². The molecule has 1 aliphatic rings. The highest BCUT2D eigenvalue weighted by Crippen LogP contribution is 2.29. The molecule has 1 fully saturated rings. The SMILES string of the molecule is CN=C(NCC1(S(C)(=O)=O)CCOCC1)N(C)Cc1ccc(Br)s1.I. The molecule has 144 valence electrons. The number of halogens is 2. The molecule has 1 N–H and O–H groups in total. The van der Waals surface area contributed by atoms with E-state index in [1.54, 1.807) is 18.4 Å². The Morgan fingerprint density at radius 1 is 1.44 bits per heavy atom. The lowest BCUT2D eigenvalue weighted by Gasteiger charge is -2.36. The molecule has 1 aliphatic heterocycles. The highest BCUT2D eigenvalue weighted by atomic mass is 127. The van der Waals surface area contributed by atoms with Gasteiger partial charge in [-0.3, -0.25) is 4.99 Å². The molecular formula is C15H25BrIN3O3S2. The van der Waals surface area contributed by atoms with Crippen LogP contribution in [-0.4, -0.2) is 64.1 Å². The monoisotopic (exact) mass is 565 g/mol. The van der Waals surface area contributed by atoms with Crippen molar-refractivity contribution in [3.8, 4) is 0 Å². The number of aliphatic imine (C=N–C) groups is 1. The minimum atomic E-state index is -3.19. The van der Waals surface area contributed by atoms with E-state index in [1.165, 1.54) is 11.1 Å². The summed E-state index contributed by atoms with van der Waals surface area (Å²) in [6.07, 6.45) is 2.34. The van der Waals surface area contributed by atoms with E-state index < -0.39 is 14.6 Å². The minimum Gasteiger partial charge on any atom is -0.381 e. The Bertz CT molecular complexity index is 688. The molecule has 0 amide bonds. The molecule has 25 heavy (non-hydrogen) atoms. The molecule has 1 aromatic heterocycles. The number of hydrogen-bond donors (Lipinski definition) is 1. The van der Waals surface area contributed by atoms with Gasteiger partial charge in [0.1, 0.15) is 0 Å². The Morgan fingerprint density at radius 3 is 2.56 bits per heavy atom. The summed E-state index contributed by atoms with van der Waals surface area (Å²) < 4.78 is 30.3. The number of guanidine groups is 1. The van der Waals surface area contributed by atoms with Gasteiger partial charge in [-0.15, -0.1) is 35.3 Å². The van der Waals surface area contributed by atoms with Crippen molar-refractivity contribution in [3.63, 3.8) is 0 Å². The van der Waals surface area contributed by atoms with E-state index in [0.29, 0.717) is 45.1 Å². The number of nitrogens with one attached hydrogen (secondary N) is 1. The van der Waals surface area contributed by atoms with Crippen LogP contribution in [0.5, 0.6) is 0 Å². The van der Waals surface area contributed by atoms with E-state index in [0.717, 1.165) is 3.79 Å². The molecule has 1 aromatic rings. The van der Waals surface area contributed by atoms with Gasteiger partial charge < -0.3 is 15.0 Å². The average molecular weight is 566 g/mol. The number of ether oxygens (including phenoxy) is 1. The van der Waals surface area contributed by atoms with E-state index >= 15 is 0 Å². The summed E-state index contributed by atoms with van der Waals surface area (Å²) in [5.41, 5.74) is 0. The molecule has 1 saturated heterocycles. The number of rotatable bonds is 5. The van der Waals surface area contributed by atoms with Gasteiger partial charge in [0, 0.05) is 45.0 Å². The molecule has 2 heterocycles. The van der Waals surface area contributed by atoms with Crippen LogP contribution in [0.3, 0.4) is 0 Å². The van der Waals surface area contributed by atoms with Gasteiger partial charge in [-0.2, -0.15) is 0 Å². The van der Waals surface area contributed by atoms with Crippen LogP contribution in [-0.2, 0) is 21.1 Å². The summed E-state index contributed by atoms with van der Waals surface area (Å²) in [6.45, 7) is 2.02. The zero-order valence-corrected chi connectivity index (χ0v) is 20.2. The molecular weight excluding hydrogens is 541 g/mol. The number of thiophene rings is 1. The molecule has 0 unspecified atom stereocenters. The van der Waals surface area contributed by atoms with Crippen LogP contribution in [0.1, 0.15) is 17.7 Å². The van der Waals surface area contributed by atoms with Crippen molar-refractivity contribution in [3.05, 3.63) is 20.8 Å². The standard InChI is InChI=1S/C15H24BrN3O3S2.HI/c1-17-14(19(2)10-12-4-5-13(16)23-12)18-11-15(24(3,20)21)6-8-22-9-7-15;/h4-5H,6-11H2,1-3H3,(H,17,18);1H. The fourth-order valence-electron chi connectivity index (χ4n) is 2.79. The van der Waals surface area contributed by atoms with Crippen molar-refractivity contribution in [2.75, 3.05) is 40.1 Å². The van der Waals surface area contributed by atoms with Crippen LogP contribution in [0.4, 0.5) is 0 Å². The molecule has 0 radical (unpaired) electrons. The highest BCUT2D eigenvalue weighted by molar-refractivity contribution is 14.0. The van der Waals surface area contributed by atoms with Crippen molar-refractivity contribution in [1.29, 1.82) is 0 Å². The zero-order chi connectivity index (χ0) is 17.8. The Labute approximate surface area is 179 Å². The second-order valence-electron chi connectivity index (χ2n) is 6.03. The second-order valence-corrected chi connectivity index (χ2v) is 11.0. The smallest absolute Gasteiger partial charge is 0.193 e. The van der Waals surface area contributed by atoms with E-state index in [4.69, 9.17) is 4.74 Å². The van der Waals surface area contributed by atoms with Crippen molar-refractivity contribution in [1.82, 2.24) is 10.2 Å². The van der Waals surface area contributed by atoms with Crippen molar-refractivity contribution < 1.29 is 13.2 Å². The summed E-state index contributed by atoms with van der Waals surface area (Å²) in [7, 11) is 0.460. The summed E-state index contributed by atoms with van der Waals surface area (Å²) in [5.74, 6) is 0.689. The Hall–Kier alpha value is 0.0900. The normalized spacial score (nSPS) is 17.7. The van der Waals surface area contributed by atoms with Gasteiger partial charge in [-0.25, -0.2) is 8.42 Å². The van der Waals surface area contributed by atoms with Gasteiger partial charge in [0.25, 0.3) is 0 Å². The molecule has 10 heteroatoms. The summed E-state index contributed by atoms with van der Waals surface area (Å²) in [6, 6.07) is 4.08. The van der Waals surface area contributed by atoms with Crippen LogP contribution in [0, 0.1) is 0 Å². The molecule has 0 saturated carbocycles. The lowest BCUT2D eigenvalue weighted by molar-refractivity contribution is 0.0755.